The first-order valence-electron chi connectivity index (χ1n) is 9.22. The molecule has 1 saturated heterocycles. The van der Waals surface area contributed by atoms with Crippen molar-refractivity contribution >= 4 is 10.9 Å². The zero-order valence-electron chi connectivity index (χ0n) is 14.0. The molecule has 2 nitrogen and oxygen atoms in total. The molecular formula is C22H24N2. The van der Waals surface area contributed by atoms with Gasteiger partial charge in [-0.1, -0.05) is 36.4 Å². The molecule has 1 N–H and O–H groups in total. The number of rotatable bonds is 2. The van der Waals surface area contributed by atoms with Crippen molar-refractivity contribution in [3.63, 3.8) is 0 Å². The molecule has 0 radical (unpaired) electrons. The highest BCUT2D eigenvalue weighted by Gasteiger charge is 2.31. The Morgan fingerprint density at radius 1 is 0.958 bits per heavy atom. The quantitative estimate of drug-likeness (QED) is 0.735. The predicted molar refractivity (Wildman–Crippen MR) is 99.1 cm³/mol. The maximum absolute atomic E-state index is 3.35. The zero-order chi connectivity index (χ0) is 15.9. The zero-order valence-corrected chi connectivity index (χ0v) is 14.0. The molecule has 1 aromatic heterocycles. The van der Waals surface area contributed by atoms with Crippen LogP contribution in [0, 0.1) is 5.92 Å². The van der Waals surface area contributed by atoms with E-state index >= 15 is 0 Å². The first-order chi connectivity index (χ1) is 11.8. The Morgan fingerprint density at radius 2 is 1.83 bits per heavy atom. The van der Waals surface area contributed by atoms with E-state index in [1.54, 1.807) is 11.1 Å². The van der Waals surface area contributed by atoms with E-state index in [4.69, 9.17) is 0 Å². The number of hydrogen-bond donors (Lipinski definition) is 1. The fraction of sp³-hybridized carbons (Fsp3) is 0.364. The van der Waals surface area contributed by atoms with Crippen molar-refractivity contribution < 1.29 is 0 Å². The summed E-state index contributed by atoms with van der Waals surface area (Å²) in [6, 6.07) is 18.8. The van der Waals surface area contributed by atoms with E-state index in [0.717, 1.165) is 12.5 Å². The second-order valence-corrected chi connectivity index (χ2v) is 7.60. The summed E-state index contributed by atoms with van der Waals surface area (Å²) >= 11 is 0. The number of fused-ring (bicyclic) bond motifs is 3. The van der Waals surface area contributed by atoms with E-state index in [1.165, 1.54) is 48.7 Å². The van der Waals surface area contributed by atoms with E-state index in [-0.39, 0.29) is 0 Å². The van der Waals surface area contributed by atoms with Gasteiger partial charge in [0.15, 0.2) is 0 Å². The molecule has 24 heavy (non-hydrogen) atoms. The number of nitrogens with zero attached hydrogens (tertiary/aromatic N) is 1. The fourth-order valence-electron chi connectivity index (χ4n) is 4.72. The van der Waals surface area contributed by atoms with Crippen LogP contribution < -0.4 is 0 Å². The molecule has 2 aromatic carbocycles. The van der Waals surface area contributed by atoms with Gasteiger partial charge in [-0.2, -0.15) is 0 Å². The monoisotopic (exact) mass is 316 g/mol. The van der Waals surface area contributed by atoms with E-state index in [9.17, 15) is 0 Å². The van der Waals surface area contributed by atoms with Crippen molar-refractivity contribution in [1.29, 1.82) is 0 Å². The lowest BCUT2D eigenvalue weighted by Gasteiger charge is -2.42. The molecule has 0 spiro atoms. The number of benzene rings is 2. The van der Waals surface area contributed by atoms with Gasteiger partial charge >= 0.3 is 0 Å². The second kappa shape index (κ2) is 5.78. The molecule has 2 heteroatoms. The van der Waals surface area contributed by atoms with E-state index in [0.29, 0.717) is 6.04 Å². The van der Waals surface area contributed by atoms with Crippen molar-refractivity contribution in [2.75, 3.05) is 6.54 Å². The van der Waals surface area contributed by atoms with Gasteiger partial charge < -0.3 is 4.98 Å². The van der Waals surface area contributed by atoms with Gasteiger partial charge in [0, 0.05) is 30.8 Å². The van der Waals surface area contributed by atoms with Gasteiger partial charge in [0.05, 0.1) is 0 Å². The first kappa shape index (κ1) is 14.3. The third kappa shape index (κ3) is 2.55. The fourth-order valence-corrected chi connectivity index (χ4v) is 4.72. The number of hydrogen-bond acceptors (Lipinski definition) is 1. The number of nitrogens with one attached hydrogen (secondary N) is 1. The molecule has 6 rings (SSSR count). The number of aromatic amines is 1. The lowest BCUT2D eigenvalue weighted by Crippen LogP contribution is -2.46. The molecule has 3 aliphatic rings. The van der Waals surface area contributed by atoms with Crippen molar-refractivity contribution in [2.45, 2.75) is 38.3 Å². The highest BCUT2D eigenvalue weighted by molar-refractivity contribution is 5.79. The van der Waals surface area contributed by atoms with Gasteiger partial charge in [0.25, 0.3) is 0 Å². The molecule has 2 bridgehead atoms. The molecule has 1 aliphatic carbocycles. The molecule has 2 aliphatic heterocycles. The maximum atomic E-state index is 3.35. The molecule has 3 heterocycles. The highest BCUT2D eigenvalue weighted by atomic mass is 15.2. The van der Waals surface area contributed by atoms with Crippen molar-refractivity contribution in [2.24, 2.45) is 5.92 Å². The highest BCUT2D eigenvalue weighted by Crippen LogP contribution is 2.33. The van der Waals surface area contributed by atoms with Crippen LogP contribution in [0.15, 0.2) is 54.7 Å². The van der Waals surface area contributed by atoms with Crippen molar-refractivity contribution in [1.82, 2.24) is 9.88 Å². The summed E-state index contributed by atoms with van der Waals surface area (Å²) in [5.74, 6) is 0.817. The minimum Gasteiger partial charge on any atom is -0.361 e. The van der Waals surface area contributed by atoms with Crippen LogP contribution in [0.4, 0.5) is 0 Å². The maximum Gasteiger partial charge on any atom is 0.0457 e. The van der Waals surface area contributed by atoms with E-state index in [2.05, 4.69) is 58.4 Å². The van der Waals surface area contributed by atoms with Crippen LogP contribution in [0.2, 0.25) is 0 Å². The third-order valence-electron chi connectivity index (χ3n) is 6.00. The van der Waals surface area contributed by atoms with Gasteiger partial charge in [-0.05, 0) is 65.8 Å². The Balaban J connectivity index is 1.42. The number of aromatic nitrogens is 1. The lowest BCUT2D eigenvalue weighted by atomic mass is 9.80. The average molecular weight is 316 g/mol. The molecule has 1 fully saturated rings. The van der Waals surface area contributed by atoms with Gasteiger partial charge in [0.2, 0.25) is 0 Å². The largest absolute Gasteiger partial charge is 0.361 e. The molecule has 2 atom stereocenters. The van der Waals surface area contributed by atoms with Gasteiger partial charge in [0.1, 0.15) is 0 Å². The van der Waals surface area contributed by atoms with Crippen LogP contribution >= 0.6 is 0 Å². The molecule has 0 unspecified atom stereocenters. The van der Waals surface area contributed by atoms with Crippen LogP contribution in [0.5, 0.6) is 0 Å². The Morgan fingerprint density at radius 3 is 2.75 bits per heavy atom. The Kier molecular flexibility index (Phi) is 3.45. The van der Waals surface area contributed by atoms with Gasteiger partial charge in [-0.3, -0.25) is 4.90 Å². The van der Waals surface area contributed by atoms with Crippen molar-refractivity contribution in [3.05, 3.63) is 71.4 Å². The second-order valence-electron chi connectivity index (χ2n) is 7.60. The Hall–Kier alpha value is -2.06. The Bertz CT molecular complexity index is 863. The van der Waals surface area contributed by atoms with Gasteiger partial charge in [-0.15, -0.1) is 0 Å². The molecule has 0 saturated carbocycles. The molecule has 3 aromatic rings. The van der Waals surface area contributed by atoms with E-state index < -0.39 is 0 Å². The molecule has 0 amide bonds. The predicted octanol–water partition coefficient (Wildman–Crippen LogP) is 4.55. The van der Waals surface area contributed by atoms with Crippen LogP contribution in [0.1, 0.15) is 29.5 Å². The number of H-pyrrole nitrogens is 1. The van der Waals surface area contributed by atoms with Gasteiger partial charge in [-0.25, -0.2) is 0 Å². The normalized spacial score (nSPS) is 23.8. The summed E-state index contributed by atoms with van der Waals surface area (Å²) in [4.78, 5) is 6.09. The Labute approximate surface area is 143 Å². The average Bonchev–Trinajstić information content (AvgIpc) is 3.03. The summed E-state index contributed by atoms with van der Waals surface area (Å²) in [7, 11) is 0. The topological polar surface area (TPSA) is 19.0 Å². The summed E-state index contributed by atoms with van der Waals surface area (Å²) in [6.45, 7) is 2.33. The standard InChI is InChI=1S/C22H24N2/c1-2-4-20-13-21-8-6-16(11-19(20)3-1)14-24(21)15-17-5-7-18-9-10-23-22(18)12-17/h1-5,7,9-10,12,16,21,23H,6,8,11,13-15H2/t16-,21+/m0/s1. The summed E-state index contributed by atoms with van der Waals surface area (Å²) in [5, 5.41) is 1.31. The third-order valence-corrected chi connectivity index (χ3v) is 6.00. The van der Waals surface area contributed by atoms with Crippen LogP contribution in [0.25, 0.3) is 10.9 Å². The lowest BCUT2D eigenvalue weighted by molar-refractivity contribution is 0.0938. The first-order valence-corrected chi connectivity index (χ1v) is 9.22. The smallest absolute Gasteiger partial charge is 0.0457 e. The summed E-state index contributed by atoms with van der Waals surface area (Å²) in [6.07, 6.45) is 7.25. The molecule has 122 valence electrons. The van der Waals surface area contributed by atoms with Crippen LogP contribution in [-0.4, -0.2) is 22.5 Å². The molecular weight excluding hydrogens is 292 g/mol. The summed E-state index contributed by atoms with van der Waals surface area (Å²) in [5.41, 5.74) is 5.87. The van der Waals surface area contributed by atoms with E-state index in [1.807, 2.05) is 6.20 Å². The number of piperidine rings is 1. The van der Waals surface area contributed by atoms with Crippen molar-refractivity contribution in [3.8, 4) is 0 Å². The minimum atomic E-state index is 0.696. The van der Waals surface area contributed by atoms with Crippen LogP contribution in [0.3, 0.4) is 0 Å². The SMILES string of the molecule is c1ccc2c(c1)C[C@@H]1CC[C@H](C2)N(Cc2ccc3cc[nH]c3c2)C1. The summed E-state index contributed by atoms with van der Waals surface area (Å²) < 4.78 is 0. The minimum absolute atomic E-state index is 0.696. The van der Waals surface area contributed by atoms with Crippen LogP contribution in [-0.2, 0) is 19.4 Å².